The van der Waals surface area contributed by atoms with Gasteiger partial charge in [-0.2, -0.15) is 0 Å². The summed E-state index contributed by atoms with van der Waals surface area (Å²) in [6, 6.07) is 40.1. The minimum Gasteiger partial charge on any atom is -0.494 e. The molecule has 0 radical (unpaired) electrons. The Morgan fingerprint density at radius 2 is 1.23 bits per heavy atom. The summed E-state index contributed by atoms with van der Waals surface area (Å²) in [4.78, 5) is 2.48. The topological polar surface area (TPSA) is 32.7 Å². The van der Waals surface area contributed by atoms with Crippen molar-refractivity contribution in [3.05, 3.63) is 138 Å². The summed E-state index contributed by atoms with van der Waals surface area (Å²) in [6.07, 6.45) is 1.63. The summed E-state index contributed by atoms with van der Waals surface area (Å²) in [6.45, 7) is 4.03. The Labute approximate surface area is 208 Å². The molecular weight excluding hydrogens is 430 g/mol. The fourth-order valence-electron chi connectivity index (χ4n) is 5.67. The normalized spacial score (nSPS) is 18.8. The quantitative estimate of drug-likeness (QED) is 0.324. The molecule has 1 aliphatic heterocycles. The number of hydrogen-bond acceptors (Lipinski definition) is 3. The Kier molecular flexibility index (Phi) is 6.72. The molecule has 4 aromatic carbocycles. The molecule has 35 heavy (non-hydrogen) atoms. The van der Waals surface area contributed by atoms with Crippen LogP contribution in [0.3, 0.4) is 0 Å². The molecule has 1 saturated heterocycles. The van der Waals surface area contributed by atoms with E-state index >= 15 is 0 Å². The predicted octanol–water partition coefficient (Wildman–Crippen LogP) is 6.36. The van der Waals surface area contributed by atoms with Crippen molar-refractivity contribution < 1.29 is 9.84 Å². The van der Waals surface area contributed by atoms with Crippen LogP contribution in [0.25, 0.3) is 0 Å². The molecule has 1 unspecified atom stereocenters. The van der Waals surface area contributed by atoms with E-state index in [1.807, 2.05) is 31.2 Å². The van der Waals surface area contributed by atoms with Crippen molar-refractivity contribution >= 4 is 0 Å². The Bertz CT molecular complexity index is 1110. The number of piperidine rings is 1. The highest BCUT2D eigenvalue weighted by molar-refractivity contribution is 5.50. The van der Waals surface area contributed by atoms with E-state index in [9.17, 15) is 5.11 Å². The van der Waals surface area contributed by atoms with Crippen LogP contribution in [0.4, 0.5) is 0 Å². The van der Waals surface area contributed by atoms with Crippen LogP contribution in [0.1, 0.15) is 42.0 Å². The van der Waals surface area contributed by atoms with Gasteiger partial charge in [-0.1, -0.05) is 103 Å². The van der Waals surface area contributed by atoms with Gasteiger partial charge in [-0.05, 0) is 60.7 Å². The van der Waals surface area contributed by atoms with Gasteiger partial charge in [0.05, 0.1) is 12.1 Å². The maximum atomic E-state index is 12.1. The number of β-amino-alcohol motifs (C(OH)–C–C–N with tert-alkyl or cyclic N) is 1. The molecule has 178 valence electrons. The van der Waals surface area contributed by atoms with Gasteiger partial charge in [-0.15, -0.1) is 0 Å². The second-order valence-electron chi connectivity index (χ2n) is 9.32. The second kappa shape index (κ2) is 10.1. The van der Waals surface area contributed by atoms with Crippen LogP contribution in [0.5, 0.6) is 5.75 Å². The fourth-order valence-corrected chi connectivity index (χ4v) is 5.67. The van der Waals surface area contributed by atoms with Gasteiger partial charge in [0.15, 0.2) is 0 Å². The molecule has 1 atom stereocenters. The third-order valence-corrected chi connectivity index (χ3v) is 7.22. The highest BCUT2D eigenvalue weighted by Gasteiger charge is 2.47. The first-order valence-electron chi connectivity index (χ1n) is 12.5. The molecule has 3 heteroatoms. The number of rotatable bonds is 7. The first-order chi connectivity index (χ1) is 17.2. The molecule has 0 aromatic heterocycles. The van der Waals surface area contributed by atoms with Crippen LogP contribution in [0.2, 0.25) is 0 Å². The number of hydrogen-bond donors (Lipinski definition) is 1. The molecule has 3 nitrogen and oxygen atoms in total. The fraction of sp³-hybridized carbons (Fsp3) is 0.250. The minimum absolute atomic E-state index is 0.524. The van der Waals surface area contributed by atoms with Gasteiger partial charge in [0.1, 0.15) is 11.4 Å². The average molecular weight is 464 g/mol. The van der Waals surface area contributed by atoms with Crippen LogP contribution < -0.4 is 4.74 Å². The monoisotopic (exact) mass is 463 g/mol. The first-order valence-corrected chi connectivity index (χ1v) is 12.5. The summed E-state index contributed by atoms with van der Waals surface area (Å²) in [7, 11) is 0. The Morgan fingerprint density at radius 1 is 0.743 bits per heavy atom. The maximum absolute atomic E-state index is 12.1. The number of benzene rings is 4. The van der Waals surface area contributed by atoms with Gasteiger partial charge in [0.2, 0.25) is 0 Å². The Morgan fingerprint density at radius 3 is 1.69 bits per heavy atom. The standard InChI is InChI=1S/C32H33NO2/c1-2-35-30-21-19-26(20-22-30)31(34)23-12-24-33(25-31)32(27-13-6-3-7-14-27,28-15-8-4-9-16-28)29-17-10-5-11-18-29/h3-11,13-22,34H,2,12,23-25H2,1H3. The van der Waals surface area contributed by atoms with Crippen molar-refractivity contribution in [1.82, 2.24) is 4.90 Å². The highest BCUT2D eigenvalue weighted by atomic mass is 16.5. The first kappa shape index (κ1) is 23.3. The largest absolute Gasteiger partial charge is 0.494 e. The highest BCUT2D eigenvalue weighted by Crippen LogP contribution is 2.46. The lowest BCUT2D eigenvalue weighted by atomic mass is 9.73. The molecule has 0 saturated carbocycles. The zero-order valence-corrected chi connectivity index (χ0v) is 20.3. The summed E-state index contributed by atoms with van der Waals surface area (Å²) < 4.78 is 5.64. The average Bonchev–Trinajstić information content (AvgIpc) is 2.92. The third-order valence-electron chi connectivity index (χ3n) is 7.22. The molecule has 1 N–H and O–H groups in total. The SMILES string of the molecule is CCOc1ccc(C2(O)CCCN(C(c3ccccc3)(c3ccccc3)c3ccccc3)C2)cc1. The van der Waals surface area contributed by atoms with E-state index < -0.39 is 11.1 Å². The number of ether oxygens (including phenoxy) is 1. The Balaban J connectivity index is 1.65. The summed E-state index contributed by atoms with van der Waals surface area (Å²) in [5.41, 5.74) is 3.07. The molecule has 1 fully saturated rings. The second-order valence-corrected chi connectivity index (χ2v) is 9.32. The van der Waals surface area contributed by atoms with E-state index in [1.165, 1.54) is 16.7 Å². The van der Waals surface area contributed by atoms with Crippen LogP contribution in [0, 0.1) is 0 Å². The van der Waals surface area contributed by atoms with E-state index in [-0.39, 0.29) is 0 Å². The van der Waals surface area contributed by atoms with Crippen molar-refractivity contribution in [3.8, 4) is 5.75 Å². The van der Waals surface area contributed by atoms with E-state index in [2.05, 4.69) is 95.9 Å². The maximum Gasteiger partial charge on any atom is 0.119 e. The molecule has 0 aliphatic carbocycles. The van der Waals surface area contributed by atoms with Gasteiger partial charge >= 0.3 is 0 Å². The summed E-state index contributed by atoms with van der Waals surface area (Å²) >= 11 is 0. The van der Waals surface area contributed by atoms with Gasteiger partial charge in [-0.3, -0.25) is 4.90 Å². The van der Waals surface area contributed by atoms with Crippen LogP contribution in [-0.4, -0.2) is 29.7 Å². The molecule has 4 aromatic rings. The lowest BCUT2D eigenvalue weighted by molar-refractivity contribution is -0.0582. The number of likely N-dealkylation sites (tertiary alicyclic amines) is 1. The van der Waals surface area contributed by atoms with Crippen molar-refractivity contribution in [3.63, 3.8) is 0 Å². The molecule has 5 rings (SSSR count). The molecular formula is C32H33NO2. The molecule has 0 bridgehead atoms. The lowest BCUT2D eigenvalue weighted by Gasteiger charge is -2.51. The van der Waals surface area contributed by atoms with Crippen LogP contribution >= 0.6 is 0 Å². The zero-order valence-electron chi connectivity index (χ0n) is 20.3. The van der Waals surface area contributed by atoms with Gasteiger partial charge in [0, 0.05) is 6.54 Å². The number of nitrogens with zero attached hydrogens (tertiary/aromatic N) is 1. The van der Waals surface area contributed by atoms with Crippen molar-refractivity contribution in [2.45, 2.75) is 30.9 Å². The van der Waals surface area contributed by atoms with Crippen LogP contribution in [-0.2, 0) is 11.1 Å². The van der Waals surface area contributed by atoms with Gasteiger partial charge in [-0.25, -0.2) is 0 Å². The lowest BCUT2D eigenvalue weighted by Crippen LogP contribution is -2.56. The van der Waals surface area contributed by atoms with Crippen molar-refractivity contribution in [2.75, 3.05) is 19.7 Å². The zero-order chi connectivity index (χ0) is 24.1. The van der Waals surface area contributed by atoms with Gasteiger partial charge < -0.3 is 9.84 Å². The molecule has 1 aliphatic rings. The number of aliphatic hydroxyl groups is 1. The van der Waals surface area contributed by atoms with Crippen molar-refractivity contribution in [1.29, 1.82) is 0 Å². The Hall–Kier alpha value is -3.40. The van der Waals surface area contributed by atoms with E-state index in [4.69, 9.17) is 4.74 Å². The molecule has 1 heterocycles. The van der Waals surface area contributed by atoms with E-state index in [0.717, 1.165) is 30.7 Å². The third kappa shape index (κ3) is 4.38. The van der Waals surface area contributed by atoms with Gasteiger partial charge in [0.25, 0.3) is 0 Å². The summed E-state index contributed by atoms with van der Waals surface area (Å²) in [5.74, 6) is 0.833. The van der Waals surface area contributed by atoms with Crippen LogP contribution in [0.15, 0.2) is 115 Å². The molecule has 0 spiro atoms. The smallest absolute Gasteiger partial charge is 0.119 e. The summed E-state index contributed by atoms with van der Waals surface area (Å²) in [5, 5.41) is 12.1. The van der Waals surface area contributed by atoms with Crippen molar-refractivity contribution in [2.24, 2.45) is 0 Å². The molecule has 0 amide bonds. The minimum atomic E-state index is -0.952. The van der Waals surface area contributed by atoms with E-state index in [1.54, 1.807) is 0 Å². The van der Waals surface area contributed by atoms with E-state index in [0.29, 0.717) is 13.2 Å². The predicted molar refractivity (Wildman–Crippen MR) is 142 cm³/mol.